The molecule has 14 heavy (non-hydrogen) atoms. The maximum Gasteiger partial charge on any atom is 0.338 e. The summed E-state index contributed by atoms with van der Waals surface area (Å²) in [5, 5.41) is 0. The molecule has 80 valence electrons. The summed E-state index contributed by atoms with van der Waals surface area (Å²) < 4.78 is 25.2. The Kier molecular flexibility index (Phi) is 2.73. The van der Waals surface area contributed by atoms with Crippen LogP contribution < -0.4 is 15.2 Å². The molecule has 0 bridgehead atoms. The molecule has 0 aromatic rings. The maximum absolute atomic E-state index is 11.1. The molecule has 0 aromatic carbocycles. The zero-order chi connectivity index (χ0) is 10.9. The lowest BCUT2D eigenvalue weighted by molar-refractivity contribution is -0.137. The van der Waals surface area contributed by atoms with Crippen LogP contribution in [0.4, 0.5) is 4.79 Å². The molecular weight excluding hydrogens is 212 g/mol. The normalized spacial score (nSPS) is 21.7. The van der Waals surface area contributed by atoms with Crippen molar-refractivity contribution >= 4 is 22.1 Å². The first-order chi connectivity index (χ1) is 6.37. The summed E-state index contributed by atoms with van der Waals surface area (Å²) in [5.41, 5.74) is 5.21. The molecular formula is C5H10N4O4S. The highest BCUT2D eigenvalue weighted by Crippen LogP contribution is 2.07. The molecule has 0 spiro atoms. The van der Waals surface area contributed by atoms with Crippen LogP contribution in [0.2, 0.25) is 0 Å². The highest BCUT2D eigenvalue weighted by Gasteiger charge is 2.39. The lowest BCUT2D eigenvalue weighted by Crippen LogP contribution is -2.65. The van der Waals surface area contributed by atoms with E-state index in [1.54, 1.807) is 4.72 Å². The van der Waals surface area contributed by atoms with Gasteiger partial charge in [-0.05, 0) is 0 Å². The summed E-state index contributed by atoms with van der Waals surface area (Å²) in [5.74, 6) is -0.589. The van der Waals surface area contributed by atoms with Gasteiger partial charge in [0, 0.05) is 7.05 Å². The molecule has 0 saturated carbocycles. The second-order valence-electron chi connectivity index (χ2n) is 2.67. The van der Waals surface area contributed by atoms with Gasteiger partial charge in [-0.2, -0.15) is 8.42 Å². The molecule has 1 aliphatic rings. The van der Waals surface area contributed by atoms with Gasteiger partial charge < -0.3 is 5.73 Å². The van der Waals surface area contributed by atoms with Crippen molar-refractivity contribution in [3.8, 4) is 0 Å². The number of nitrogens with two attached hydrogens (primary N) is 1. The van der Waals surface area contributed by atoms with Crippen molar-refractivity contribution in [2.24, 2.45) is 5.73 Å². The van der Waals surface area contributed by atoms with Crippen LogP contribution in [-0.2, 0) is 15.0 Å². The fourth-order valence-corrected chi connectivity index (χ4v) is 1.30. The number of hydrogen-bond donors (Lipinski definition) is 3. The van der Waals surface area contributed by atoms with Crippen LogP contribution >= 0.6 is 0 Å². The van der Waals surface area contributed by atoms with E-state index in [-0.39, 0.29) is 6.54 Å². The van der Waals surface area contributed by atoms with Crippen LogP contribution in [0, 0.1) is 0 Å². The van der Waals surface area contributed by atoms with Gasteiger partial charge in [0.2, 0.25) is 5.91 Å². The largest absolute Gasteiger partial charge is 0.338 e. The molecule has 1 fully saturated rings. The molecule has 8 nitrogen and oxygen atoms in total. The number of nitrogens with zero attached hydrogens (tertiary/aromatic N) is 1. The molecule has 1 rings (SSSR count). The first-order valence-electron chi connectivity index (χ1n) is 3.69. The van der Waals surface area contributed by atoms with Gasteiger partial charge in [0.15, 0.2) is 0 Å². The Hall–Kier alpha value is -1.19. The summed E-state index contributed by atoms with van der Waals surface area (Å²) in [6.07, 6.45) is 0. The van der Waals surface area contributed by atoms with E-state index in [0.717, 1.165) is 11.9 Å². The molecule has 1 heterocycles. The third kappa shape index (κ3) is 2.00. The zero-order valence-corrected chi connectivity index (χ0v) is 8.17. The van der Waals surface area contributed by atoms with Crippen LogP contribution in [0.3, 0.4) is 0 Å². The molecule has 1 aliphatic heterocycles. The van der Waals surface area contributed by atoms with Crippen molar-refractivity contribution < 1.29 is 18.0 Å². The Morgan fingerprint density at radius 1 is 1.64 bits per heavy atom. The minimum Gasteiger partial charge on any atom is -0.318 e. The van der Waals surface area contributed by atoms with Crippen LogP contribution in [-0.4, -0.2) is 44.9 Å². The number of nitrogens with one attached hydrogen (secondary N) is 2. The topological polar surface area (TPSA) is 122 Å². The van der Waals surface area contributed by atoms with Crippen molar-refractivity contribution in [1.29, 1.82) is 0 Å². The minimum atomic E-state index is -3.87. The van der Waals surface area contributed by atoms with Crippen molar-refractivity contribution in [2.45, 2.75) is 6.04 Å². The Balaban J connectivity index is 2.57. The molecule has 0 radical (unpaired) electrons. The van der Waals surface area contributed by atoms with Crippen LogP contribution in [0.15, 0.2) is 0 Å². The minimum absolute atomic E-state index is 0.0316. The van der Waals surface area contributed by atoms with E-state index in [1.165, 1.54) is 0 Å². The van der Waals surface area contributed by atoms with E-state index < -0.39 is 28.2 Å². The average Bonchev–Trinajstić information content (AvgIpc) is 2.12. The van der Waals surface area contributed by atoms with E-state index in [2.05, 4.69) is 0 Å². The number of rotatable bonds is 2. The Bertz CT molecular complexity index is 364. The van der Waals surface area contributed by atoms with Crippen LogP contribution in [0.5, 0.6) is 0 Å². The van der Waals surface area contributed by atoms with E-state index in [1.807, 2.05) is 4.72 Å². The number of β-lactam (4-membered cyclic amide) rings is 1. The van der Waals surface area contributed by atoms with Crippen molar-refractivity contribution in [2.75, 3.05) is 13.6 Å². The molecule has 0 aliphatic carbocycles. The SMILES string of the molecule is CNS(=O)(=O)NC(=O)N1C[C@H](N)C1=O. The molecule has 0 unspecified atom stereocenters. The summed E-state index contributed by atoms with van der Waals surface area (Å²) in [7, 11) is -2.73. The van der Waals surface area contributed by atoms with Gasteiger partial charge in [-0.15, -0.1) is 0 Å². The number of hydrogen-bond acceptors (Lipinski definition) is 5. The standard InChI is InChI=1S/C5H10N4O4S/c1-7-14(12,13)8-5(11)9-2-3(6)4(9)10/h3,7H,2,6H2,1H3,(H,8,11)/t3-/m0/s1. The van der Waals surface area contributed by atoms with Gasteiger partial charge in [0.1, 0.15) is 6.04 Å². The smallest absolute Gasteiger partial charge is 0.318 e. The molecule has 1 atom stereocenters. The summed E-state index contributed by atoms with van der Waals surface area (Å²) >= 11 is 0. The van der Waals surface area contributed by atoms with Crippen molar-refractivity contribution in [1.82, 2.24) is 14.3 Å². The molecule has 0 aromatic heterocycles. The first kappa shape index (κ1) is 10.9. The Morgan fingerprint density at radius 3 is 2.57 bits per heavy atom. The lowest BCUT2D eigenvalue weighted by atomic mass is 10.1. The number of amides is 3. The molecule has 1 saturated heterocycles. The molecule has 3 amide bonds. The second kappa shape index (κ2) is 3.52. The second-order valence-corrected chi connectivity index (χ2v) is 4.29. The van der Waals surface area contributed by atoms with Crippen LogP contribution in [0.25, 0.3) is 0 Å². The monoisotopic (exact) mass is 222 g/mol. The summed E-state index contributed by atoms with van der Waals surface area (Å²) in [4.78, 5) is 22.7. The van der Waals surface area contributed by atoms with Gasteiger partial charge in [0.05, 0.1) is 6.54 Å². The van der Waals surface area contributed by atoms with E-state index >= 15 is 0 Å². The quantitative estimate of drug-likeness (QED) is 0.440. The number of likely N-dealkylation sites (tertiary alicyclic amines) is 1. The zero-order valence-electron chi connectivity index (χ0n) is 7.35. The third-order valence-electron chi connectivity index (χ3n) is 1.70. The van der Waals surface area contributed by atoms with Crippen molar-refractivity contribution in [3.63, 3.8) is 0 Å². The Labute approximate surface area is 80.6 Å². The highest BCUT2D eigenvalue weighted by atomic mass is 32.2. The maximum atomic E-state index is 11.1. The summed E-state index contributed by atoms with van der Waals surface area (Å²) in [6, 6.07) is -1.70. The number of carbonyl (C=O) groups is 2. The van der Waals surface area contributed by atoms with Gasteiger partial charge in [0.25, 0.3) is 0 Å². The van der Waals surface area contributed by atoms with Crippen LogP contribution in [0.1, 0.15) is 0 Å². The third-order valence-corrected chi connectivity index (χ3v) is 2.68. The van der Waals surface area contributed by atoms with Gasteiger partial charge in [-0.25, -0.2) is 14.2 Å². The fraction of sp³-hybridized carbons (Fsp3) is 0.600. The van der Waals surface area contributed by atoms with Gasteiger partial charge in [-0.3, -0.25) is 9.69 Å². The predicted octanol–water partition coefficient (Wildman–Crippen LogP) is -2.67. The van der Waals surface area contributed by atoms with E-state index in [0.29, 0.717) is 0 Å². The number of urea groups is 1. The fourth-order valence-electron chi connectivity index (χ4n) is 0.857. The molecule has 4 N–H and O–H groups in total. The lowest BCUT2D eigenvalue weighted by Gasteiger charge is -2.33. The molecule has 9 heteroatoms. The number of carbonyl (C=O) groups excluding carboxylic acids is 2. The highest BCUT2D eigenvalue weighted by molar-refractivity contribution is 7.88. The van der Waals surface area contributed by atoms with Crippen molar-refractivity contribution in [3.05, 3.63) is 0 Å². The summed E-state index contributed by atoms with van der Waals surface area (Å²) in [6.45, 7) is 0.0316. The number of imide groups is 1. The average molecular weight is 222 g/mol. The van der Waals surface area contributed by atoms with E-state index in [4.69, 9.17) is 5.73 Å². The first-order valence-corrected chi connectivity index (χ1v) is 5.18. The van der Waals surface area contributed by atoms with Gasteiger partial charge >= 0.3 is 16.2 Å². The van der Waals surface area contributed by atoms with E-state index in [9.17, 15) is 18.0 Å². The van der Waals surface area contributed by atoms with Gasteiger partial charge in [-0.1, -0.05) is 0 Å². The Morgan fingerprint density at radius 2 is 2.21 bits per heavy atom. The predicted molar refractivity (Wildman–Crippen MR) is 46.2 cm³/mol.